The molecule has 0 saturated heterocycles. The van der Waals surface area contributed by atoms with E-state index in [9.17, 15) is 13.4 Å². The molecule has 0 aliphatic rings. The average molecular weight is 116 g/mol. The van der Waals surface area contributed by atoms with E-state index in [1.165, 1.54) is 0 Å². The Hall–Kier alpha value is -0.290. The average Bonchev–Trinajstić information content (AvgIpc) is 1.31. The van der Waals surface area contributed by atoms with Crippen LogP contribution in [0.3, 0.4) is 0 Å². The summed E-state index contributed by atoms with van der Waals surface area (Å²) < 4.78 is 32.6. The molecule has 0 fully saturated rings. The number of quaternary nitrogens is 1. The summed E-state index contributed by atoms with van der Waals surface area (Å²) in [6.07, 6.45) is -2.26. The summed E-state index contributed by atoms with van der Waals surface area (Å²) in [7, 11) is 0. The fraction of sp³-hybridized carbons (Fsp3) is 1.00. The number of rotatable bonds is 1. The maximum absolute atomic E-state index is 10.9. The highest BCUT2D eigenvalue weighted by Gasteiger charge is 2.38. The molecule has 0 heterocycles. The maximum Gasteiger partial charge on any atom is 0.305 e. The van der Waals surface area contributed by atoms with Crippen molar-refractivity contribution < 1.29 is 23.7 Å². The Morgan fingerprint density at radius 2 is 1.57 bits per heavy atom. The molecule has 7 heavy (non-hydrogen) atoms. The summed E-state index contributed by atoms with van der Waals surface area (Å²) in [5.74, 6) is 0. The lowest BCUT2D eigenvalue weighted by Crippen LogP contribution is -2.29. The third-order valence-electron chi connectivity index (χ3n) is 0.424. The van der Waals surface area contributed by atoms with Gasteiger partial charge in [-0.05, 0) is 0 Å². The minimum absolute atomic E-state index is 0.653. The molecule has 0 aromatic carbocycles. The summed E-state index contributed by atoms with van der Waals surface area (Å²) >= 11 is 0. The predicted molar refractivity (Wildman–Crippen MR) is 15.3 cm³/mol. The van der Waals surface area contributed by atoms with Crippen molar-refractivity contribution in [1.82, 2.24) is 0 Å². The Balaban J connectivity index is 3.54. The Labute approximate surface area is 38.2 Å². The molecule has 44 valence electrons. The lowest BCUT2D eigenvalue weighted by Gasteiger charge is -1.99. The van der Waals surface area contributed by atoms with Crippen LogP contribution in [0, 0.1) is 0 Å². The molecule has 1 unspecified atom stereocenters. The Kier molecular flexibility index (Phi) is 1.60. The molecule has 0 aromatic heterocycles. The van der Waals surface area contributed by atoms with Crippen molar-refractivity contribution in [1.29, 1.82) is 0 Å². The van der Waals surface area contributed by atoms with Gasteiger partial charge < -0.3 is 5.11 Å². The molecule has 5 heteroatoms. The Morgan fingerprint density at radius 3 is 1.57 bits per heavy atom. The van der Waals surface area contributed by atoms with Crippen molar-refractivity contribution in [3.05, 3.63) is 0 Å². The first-order valence-corrected chi connectivity index (χ1v) is 1.60. The van der Waals surface area contributed by atoms with Gasteiger partial charge in [0.25, 0.3) is 5.15 Å². The highest BCUT2D eigenvalue weighted by atomic mass is 19.6. The molecule has 0 spiro atoms. The molecule has 1 N–H and O–H groups in total. The topological polar surface area (TPSA) is 20.2 Å². The quantitative estimate of drug-likeness (QED) is 0.396. The van der Waals surface area contributed by atoms with Gasteiger partial charge >= 0.3 is 6.23 Å². The van der Waals surface area contributed by atoms with E-state index in [-0.39, 0.29) is 0 Å². The molecule has 0 aliphatic carbocycles. The lowest BCUT2D eigenvalue weighted by atomic mass is 10.7. The fourth-order valence-corrected chi connectivity index (χ4v) is 0. The zero-order valence-electron chi connectivity index (χ0n) is 3.61. The van der Waals surface area contributed by atoms with E-state index in [0.717, 1.165) is 0 Å². The highest BCUT2D eigenvalue weighted by molar-refractivity contribution is 4.05. The van der Waals surface area contributed by atoms with E-state index in [4.69, 9.17) is 5.11 Å². The molecule has 0 radical (unpaired) electrons. The second kappa shape index (κ2) is 1.67. The van der Waals surface area contributed by atoms with E-state index in [2.05, 4.69) is 0 Å². The molecule has 2 nitrogen and oxygen atoms in total. The second-order valence-electron chi connectivity index (χ2n) is 1.12. The van der Waals surface area contributed by atoms with Crippen LogP contribution in [0.15, 0.2) is 0 Å². The lowest BCUT2D eigenvalue weighted by molar-refractivity contribution is -1.29. The van der Waals surface area contributed by atoms with Crippen LogP contribution >= 0.6 is 0 Å². The van der Waals surface area contributed by atoms with Crippen LogP contribution < -0.4 is 0 Å². The first-order chi connectivity index (χ1) is 2.94. The van der Waals surface area contributed by atoms with Crippen LogP contribution in [-0.2, 0) is 0 Å². The van der Waals surface area contributed by atoms with Gasteiger partial charge in [0.2, 0.25) is 0 Å². The van der Waals surface area contributed by atoms with Gasteiger partial charge in [-0.1, -0.05) is 0 Å². The van der Waals surface area contributed by atoms with E-state index in [1.54, 1.807) is 0 Å². The van der Waals surface area contributed by atoms with Crippen LogP contribution in [0.4, 0.5) is 13.4 Å². The van der Waals surface area contributed by atoms with E-state index >= 15 is 0 Å². The summed E-state index contributed by atoms with van der Waals surface area (Å²) in [5.41, 5.74) is 0. The molecule has 0 rings (SSSR count). The molecular weight excluding hydrogens is 111 g/mol. The maximum atomic E-state index is 10.9. The van der Waals surface area contributed by atoms with Crippen molar-refractivity contribution in [3.63, 3.8) is 0 Å². The van der Waals surface area contributed by atoms with Crippen molar-refractivity contribution in [2.75, 3.05) is 0 Å². The predicted octanol–water partition coefficient (Wildman–Crippen LogP) is 0.795. The smallest absolute Gasteiger partial charge is 0.305 e. The summed E-state index contributed by atoms with van der Waals surface area (Å²) in [5, 5.41) is 3.85. The normalized spacial score (nSPS) is 16.7. The highest BCUT2D eigenvalue weighted by Crippen LogP contribution is 2.13. The number of aliphatic hydroxyl groups excluding tert-OH is 1. The molecule has 0 aliphatic heterocycles. The van der Waals surface area contributed by atoms with E-state index in [1.807, 2.05) is 0 Å². The molecule has 0 amide bonds. The molecule has 0 bridgehead atoms. The number of hydrogen-bond donors (Lipinski definition) is 1. The van der Waals surface area contributed by atoms with Crippen molar-refractivity contribution in [2.45, 2.75) is 13.2 Å². The number of aliphatic hydroxyl groups is 1. The standard InChI is InChI=1S/C2H5F3NO/c1-2(7)6(3,4)5/h2,7H,1H3/q+1. The molecule has 1 atom stereocenters. The first-order valence-electron chi connectivity index (χ1n) is 1.60. The van der Waals surface area contributed by atoms with Gasteiger partial charge in [0, 0.05) is 6.92 Å². The van der Waals surface area contributed by atoms with Crippen molar-refractivity contribution in [3.8, 4) is 0 Å². The van der Waals surface area contributed by atoms with Crippen molar-refractivity contribution >= 4 is 0 Å². The first kappa shape index (κ1) is 6.71. The fourth-order valence-electron chi connectivity index (χ4n) is 0. The Bertz CT molecular complexity index is 58.4. The van der Waals surface area contributed by atoms with Crippen LogP contribution in [0.25, 0.3) is 0 Å². The molecule has 0 saturated carbocycles. The van der Waals surface area contributed by atoms with Gasteiger partial charge in [0.1, 0.15) is 0 Å². The summed E-state index contributed by atoms with van der Waals surface area (Å²) in [6, 6.07) is 0. The third-order valence-corrected chi connectivity index (χ3v) is 0.424. The van der Waals surface area contributed by atoms with Gasteiger partial charge in [-0.25, -0.2) is 0 Å². The van der Waals surface area contributed by atoms with E-state index in [0.29, 0.717) is 6.92 Å². The van der Waals surface area contributed by atoms with Crippen LogP contribution in [0.1, 0.15) is 6.92 Å². The molecule has 0 aromatic rings. The Morgan fingerprint density at radius 1 is 1.43 bits per heavy atom. The van der Waals surface area contributed by atoms with Gasteiger partial charge in [-0.3, -0.25) is 0 Å². The minimum Gasteiger partial charge on any atom is -0.337 e. The minimum atomic E-state index is -3.89. The monoisotopic (exact) mass is 116 g/mol. The van der Waals surface area contributed by atoms with E-state index < -0.39 is 11.4 Å². The third kappa shape index (κ3) is 2.41. The summed E-state index contributed by atoms with van der Waals surface area (Å²) in [6.45, 7) is 0.653. The van der Waals surface area contributed by atoms with Crippen LogP contribution in [-0.4, -0.2) is 16.5 Å². The zero-order chi connectivity index (χ0) is 6.08. The number of halogens is 3. The largest absolute Gasteiger partial charge is 0.337 e. The van der Waals surface area contributed by atoms with Gasteiger partial charge in [-0.2, -0.15) is 0 Å². The molecular formula is C2H5F3NO+. The van der Waals surface area contributed by atoms with Gasteiger partial charge in [0.05, 0.1) is 13.4 Å². The van der Waals surface area contributed by atoms with Crippen LogP contribution in [0.5, 0.6) is 0 Å². The number of nitrogens with zero attached hydrogens (tertiary/aromatic N) is 1. The van der Waals surface area contributed by atoms with Crippen LogP contribution in [0.2, 0.25) is 0 Å². The van der Waals surface area contributed by atoms with Crippen molar-refractivity contribution in [2.24, 2.45) is 0 Å². The van der Waals surface area contributed by atoms with Gasteiger partial charge in [0.15, 0.2) is 0 Å². The summed E-state index contributed by atoms with van der Waals surface area (Å²) in [4.78, 5) is 0. The second-order valence-corrected chi connectivity index (χ2v) is 1.12. The SMILES string of the molecule is CC(O)[N+](F)(F)F. The van der Waals surface area contributed by atoms with Gasteiger partial charge in [-0.15, -0.1) is 0 Å². The zero-order valence-corrected chi connectivity index (χ0v) is 3.61. The number of hydrogen-bond acceptors (Lipinski definition) is 1.